The Labute approximate surface area is 620 Å². The van der Waals surface area contributed by atoms with E-state index < -0.39 is 179 Å². The topological polar surface area (TPSA) is 555 Å². The number of hydrogen-bond acceptors (Lipinski definition) is 18. The smallest absolute Gasteiger partial charge is 0.245 e. The Bertz CT molecular complexity index is 2970. The van der Waals surface area contributed by atoms with Crippen LogP contribution in [0.4, 0.5) is 0 Å². The fraction of sp³-hybridized carbons (Fsp3) is 0.722. The lowest BCUT2D eigenvalue weighted by Gasteiger charge is -2.31. The van der Waals surface area contributed by atoms with Gasteiger partial charge in [0.15, 0.2) is 5.96 Å². The quantitative estimate of drug-likeness (QED) is 0.0200. The average Bonchev–Trinajstić information content (AvgIpc) is 0.841. The van der Waals surface area contributed by atoms with Gasteiger partial charge in [0.05, 0.1) is 12.1 Å². The van der Waals surface area contributed by atoms with Gasteiger partial charge >= 0.3 is 0 Å². The summed E-state index contributed by atoms with van der Waals surface area (Å²) in [5.74, 6) is -12.6. The number of nitrogens with two attached hydrogens (primary N) is 6. The van der Waals surface area contributed by atoms with E-state index in [0.717, 1.165) is 5.56 Å². The standard InChI is InChI=1S/C72H129N19O14/c1-16-42(11)56(90-67(101)54(36-40(7)8)86-61(95)44(13)80-63(97)49(28-21-23-31-73)82-62(96)48(75)37-47-26-19-18-20-27-47)69(103)87-53(35-39(5)6)66(100)84-51(30-25-33-79-72(77)78)64(98)83-50(29-22-24-32-74)65(99)89-57(43(12)17-2)70(104)88-55(41(9)10)68(102)91-58(46(15)92)71(105)81-45(14)60(94)85-52(59(76)93)34-38(3)4/h18-20,26-27,38-46,48-58,92H,16-17,21-25,28-37,73-75H2,1-15H3,(H2,76,93)(H,80,97)(H,81,105)(H,82,96)(H,83,98)(H,84,100)(H,85,94)(H,86,95)(H,87,103)(H,88,104)(H,89,99)(H,90,101)(H,91,102)(H4,77,78,79)/t42-,43-,44-,45-,46+,48-,49-,50-,51-,52-,53-,54-,55-,56-,57-,58-/m0/s1. The van der Waals surface area contributed by atoms with Crippen molar-refractivity contribution in [2.24, 2.45) is 74.9 Å². The number of primary amides is 1. The van der Waals surface area contributed by atoms with Crippen molar-refractivity contribution in [3.05, 3.63) is 35.9 Å². The summed E-state index contributed by atoms with van der Waals surface area (Å²) < 4.78 is 0. The van der Waals surface area contributed by atoms with Crippen LogP contribution in [0.3, 0.4) is 0 Å². The number of hydrogen-bond donors (Lipinski definition) is 19. The van der Waals surface area contributed by atoms with Crippen LogP contribution in [0.25, 0.3) is 0 Å². The van der Waals surface area contributed by atoms with Crippen LogP contribution in [0, 0.1) is 35.5 Å². The summed E-state index contributed by atoms with van der Waals surface area (Å²) in [6.07, 6.45) is 1.72. The van der Waals surface area contributed by atoms with Gasteiger partial charge in [-0.1, -0.05) is 126 Å². The van der Waals surface area contributed by atoms with Gasteiger partial charge in [0.2, 0.25) is 76.8 Å². The lowest BCUT2D eigenvalue weighted by molar-refractivity contribution is -0.138. The molecule has 0 unspecified atom stereocenters. The second-order valence-corrected chi connectivity index (χ2v) is 29.1. The molecule has 13 amide bonds. The molecule has 1 rings (SSSR count). The molecule has 25 N–H and O–H groups in total. The van der Waals surface area contributed by atoms with Crippen molar-refractivity contribution >= 4 is 82.8 Å². The molecule has 0 heterocycles. The monoisotopic (exact) mass is 1480 g/mol. The Kier molecular flexibility index (Phi) is 44.3. The zero-order valence-electron chi connectivity index (χ0n) is 64.6. The minimum atomic E-state index is -1.64. The molecule has 33 heteroatoms. The summed E-state index contributed by atoms with van der Waals surface area (Å²) in [4.78, 5) is 185. The van der Waals surface area contributed by atoms with E-state index in [-0.39, 0.29) is 88.2 Å². The van der Waals surface area contributed by atoms with Crippen LogP contribution in [0.1, 0.15) is 193 Å². The van der Waals surface area contributed by atoms with E-state index in [1.165, 1.54) is 20.8 Å². The van der Waals surface area contributed by atoms with E-state index in [2.05, 4.69) is 68.8 Å². The van der Waals surface area contributed by atoms with E-state index in [4.69, 9.17) is 34.4 Å². The third-order valence-electron chi connectivity index (χ3n) is 17.8. The molecule has 596 valence electrons. The van der Waals surface area contributed by atoms with Crippen molar-refractivity contribution in [1.29, 1.82) is 0 Å². The third kappa shape index (κ3) is 35.9. The molecule has 33 nitrogen and oxygen atoms in total. The van der Waals surface area contributed by atoms with Crippen molar-refractivity contribution < 1.29 is 67.4 Å². The second kappa shape index (κ2) is 49.3. The molecule has 0 radical (unpaired) electrons. The fourth-order valence-corrected chi connectivity index (χ4v) is 11.1. The molecular weight excluding hydrogens is 1350 g/mol. The highest BCUT2D eigenvalue weighted by atomic mass is 16.3. The molecule has 0 fully saturated rings. The lowest BCUT2D eigenvalue weighted by Crippen LogP contribution is -2.63. The van der Waals surface area contributed by atoms with Crippen molar-refractivity contribution in [3.8, 4) is 0 Å². The number of carbonyl (C=O) groups is 13. The van der Waals surface area contributed by atoms with Crippen LogP contribution in [-0.2, 0) is 68.7 Å². The number of aliphatic imine (C=N–C) groups is 1. The molecule has 0 aromatic heterocycles. The summed E-state index contributed by atoms with van der Waals surface area (Å²) >= 11 is 0. The fourth-order valence-electron chi connectivity index (χ4n) is 11.1. The first-order chi connectivity index (χ1) is 49.2. The molecule has 1 aromatic carbocycles. The van der Waals surface area contributed by atoms with Crippen molar-refractivity contribution in [2.75, 3.05) is 19.6 Å². The molecule has 0 aliphatic heterocycles. The normalized spacial score (nSPS) is 16.0. The van der Waals surface area contributed by atoms with Gasteiger partial charge in [-0.2, -0.15) is 0 Å². The van der Waals surface area contributed by atoms with E-state index in [9.17, 15) is 67.4 Å². The number of aliphatic hydroxyl groups is 1. The number of guanidine groups is 1. The molecule has 0 spiro atoms. The molecule has 0 saturated heterocycles. The summed E-state index contributed by atoms with van der Waals surface area (Å²) in [6.45, 7) is 25.7. The average molecular weight is 1480 g/mol. The first-order valence-corrected chi connectivity index (χ1v) is 37.1. The first-order valence-electron chi connectivity index (χ1n) is 37.1. The van der Waals surface area contributed by atoms with Crippen LogP contribution < -0.4 is 98.2 Å². The maximum atomic E-state index is 14.7. The summed E-state index contributed by atoms with van der Waals surface area (Å²) in [5.41, 5.74) is 35.4. The second-order valence-electron chi connectivity index (χ2n) is 29.1. The van der Waals surface area contributed by atoms with Gasteiger partial charge in [-0.25, -0.2) is 0 Å². The van der Waals surface area contributed by atoms with E-state index in [1.807, 2.05) is 58.0 Å². The Morgan fingerprint density at radius 3 is 1.14 bits per heavy atom. The van der Waals surface area contributed by atoms with E-state index >= 15 is 0 Å². The number of aliphatic hydroxyl groups excluding tert-OH is 1. The van der Waals surface area contributed by atoms with Gasteiger partial charge in [-0.05, 0) is 152 Å². The highest BCUT2D eigenvalue weighted by molar-refractivity contribution is 6.00. The zero-order chi connectivity index (χ0) is 80.0. The number of rotatable bonds is 51. The molecule has 0 saturated carbocycles. The molecule has 0 aliphatic rings. The number of unbranched alkanes of at least 4 members (excludes halogenated alkanes) is 2. The predicted octanol–water partition coefficient (Wildman–Crippen LogP) is -1.52. The zero-order valence-corrected chi connectivity index (χ0v) is 64.6. The SMILES string of the molecule is CC[C@H](C)[C@H](NC(=O)[C@H](CC(C)C)NC(=O)[C@H](C)NC(=O)[C@H](CCCCN)NC(=O)[C@@H](N)Cc1ccccc1)C(=O)N[C@@H](CC(C)C)C(=O)N[C@@H](CCCN=C(N)N)C(=O)N[C@@H](CCCCN)C(=O)N[C@H](C(=O)N[C@H](C(=O)N[C@H](C(=O)N[C@@H](C)C(=O)N[C@@H](CC(C)C)C(N)=O)[C@@H](C)O)C(C)C)[C@@H](C)CC. The van der Waals surface area contributed by atoms with E-state index in [0.29, 0.717) is 45.1 Å². The Hall–Kier alpha value is -8.56. The Morgan fingerprint density at radius 1 is 0.390 bits per heavy atom. The van der Waals surface area contributed by atoms with Gasteiger partial charge in [0, 0.05) is 6.54 Å². The molecule has 0 bridgehead atoms. The number of carbonyl (C=O) groups excluding carboxylic acids is 13. The van der Waals surface area contributed by atoms with Gasteiger partial charge in [0.25, 0.3) is 0 Å². The van der Waals surface area contributed by atoms with Crippen molar-refractivity contribution in [2.45, 2.75) is 278 Å². The van der Waals surface area contributed by atoms with Crippen LogP contribution in [-0.4, -0.2) is 192 Å². The number of amides is 13. The van der Waals surface area contributed by atoms with Crippen molar-refractivity contribution in [3.63, 3.8) is 0 Å². The van der Waals surface area contributed by atoms with Gasteiger partial charge in [0.1, 0.15) is 72.5 Å². The highest BCUT2D eigenvalue weighted by Gasteiger charge is 2.39. The number of nitrogens with zero attached hydrogens (tertiary/aromatic N) is 1. The van der Waals surface area contributed by atoms with Crippen LogP contribution in [0.5, 0.6) is 0 Å². The van der Waals surface area contributed by atoms with Crippen molar-refractivity contribution in [1.82, 2.24) is 63.8 Å². The molecule has 1 aromatic rings. The molecule has 16 atom stereocenters. The highest BCUT2D eigenvalue weighted by Crippen LogP contribution is 2.17. The summed E-state index contributed by atoms with van der Waals surface area (Å²) in [5, 5.41) is 42.8. The van der Waals surface area contributed by atoms with Crippen LogP contribution in [0.2, 0.25) is 0 Å². The third-order valence-corrected chi connectivity index (χ3v) is 17.8. The van der Waals surface area contributed by atoms with Gasteiger partial charge < -0.3 is 103 Å². The van der Waals surface area contributed by atoms with Gasteiger partial charge in [-0.3, -0.25) is 67.3 Å². The summed E-state index contributed by atoms with van der Waals surface area (Å²) in [6, 6.07) is -7.35. The Balaban J connectivity index is 3.60. The predicted molar refractivity (Wildman–Crippen MR) is 401 cm³/mol. The Morgan fingerprint density at radius 2 is 0.724 bits per heavy atom. The van der Waals surface area contributed by atoms with E-state index in [1.54, 1.807) is 55.4 Å². The number of nitrogens with one attached hydrogen (secondary N) is 12. The molecule has 105 heavy (non-hydrogen) atoms. The maximum absolute atomic E-state index is 14.7. The lowest BCUT2D eigenvalue weighted by atomic mass is 9.95. The molecule has 0 aliphatic carbocycles. The minimum Gasteiger partial charge on any atom is -0.391 e. The van der Waals surface area contributed by atoms with Crippen LogP contribution in [0.15, 0.2) is 35.3 Å². The number of benzene rings is 1. The maximum Gasteiger partial charge on any atom is 0.245 e. The van der Waals surface area contributed by atoms with Crippen LogP contribution >= 0.6 is 0 Å². The summed E-state index contributed by atoms with van der Waals surface area (Å²) in [7, 11) is 0. The van der Waals surface area contributed by atoms with Gasteiger partial charge in [-0.15, -0.1) is 0 Å². The first kappa shape index (κ1) is 94.5. The minimum absolute atomic E-state index is 0.00245. The largest absolute Gasteiger partial charge is 0.391 e. The molecular formula is C72H129N19O14.